The van der Waals surface area contributed by atoms with E-state index in [0.717, 1.165) is 0 Å². The fourth-order valence-electron chi connectivity index (χ4n) is 4.77. The molecule has 0 fully saturated rings. The van der Waals surface area contributed by atoms with Crippen molar-refractivity contribution in [1.29, 1.82) is 0 Å². The number of rotatable bonds is 3. The number of fused-ring (bicyclic) bond motifs is 3. The quantitative estimate of drug-likeness (QED) is 0.340. The van der Waals surface area contributed by atoms with Crippen LogP contribution in [0.15, 0.2) is 103 Å². The van der Waals surface area contributed by atoms with Crippen molar-refractivity contribution in [3.8, 4) is 11.1 Å². The summed E-state index contributed by atoms with van der Waals surface area (Å²) in [7, 11) is 0. The van der Waals surface area contributed by atoms with E-state index in [1.807, 2.05) is 0 Å². The Hall–Kier alpha value is -3.12. The van der Waals surface area contributed by atoms with Crippen molar-refractivity contribution >= 4 is 0 Å². The Labute approximate surface area is 167 Å². The molecule has 0 saturated heterocycles. The van der Waals surface area contributed by atoms with Crippen molar-refractivity contribution in [2.45, 2.75) is 25.2 Å². The average molecular weight is 361 g/mol. The van der Waals surface area contributed by atoms with Gasteiger partial charge in [0.15, 0.2) is 0 Å². The highest BCUT2D eigenvalue weighted by Gasteiger charge is 2.35. The molecular weight excluding hydrogens is 336 g/mol. The minimum atomic E-state index is 0.0276. The average Bonchev–Trinajstić information content (AvgIpc) is 2.97. The molecule has 0 radical (unpaired) electrons. The van der Waals surface area contributed by atoms with Gasteiger partial charge in [0.05, 0.1) is 0 Å². The van der Waals surface area contributed by atoms with Crippen LogP contribution in [0.2, 0.25) is 0 Å². The summed E-state index contributed by atoms with van der Waals surface area (Å²) in [6.07, 6.45) is 0. The van der Waals surface area contributed by atoms with Gasteiger partial charge in [-0.2, -0.15) is 0 Å². The first-order valence-electron chi connectivity index (χ1n) is 10.0. The summed E-state index contributed by atoms with van der Waals surface area (Å²) in [5, 5.41) is 0. The van der Waals surface area contributed by atoms with Crippen molar-refractivity contribution in [2.24, 2.45) is 0 Å². The minimum absolute atomic E-state index is 0.0276. The first kappa shape index (κ1) is 17.0. The highest BCUT2D eigenvalue weighted by Crippen LogP contribution is 2.49. The molecule has 0 N–H and O–H groups in total. The summed E-state index contributed by atoms with van der Waals surface area (Å²) in [5.74, 6) is 0.243. The van der Waals surface area contributed by atoms with Crippen LogP contribution in [-0.4, -0.2) is 0 Å². The molecule has 0 amide bonds. The number of hydrogen-bond donors (Lipinski definition) is 0. The van der Waals surface area contributed by atoms with E-state index in [-0.39, 0.29) is 11.3 Å². The largest absolute Gasteiger partial charge is 0.0622 e. The van der Waals surface area contributed by atoms with E-state index in [9.17, 15) is 0 Å². The van der Waals surface area contributed by atoms with Crippen LogP contribution in [0.1, 0.15) is 47.6 Å². The third kappa shape index (κ3) is 2.60. The molecule has 4 aromatic rings. The maximum atomic E-state index is 2.44. The molecule has 0 saturated carbocycles. The highest BCUT2D eigenvalue weighted by molar-refractivity contribution is 5.81. The predicted octanol–water partition coefficient (Wildman–Crippen LogP) is 7.17. The van der Waals surface area contributed by atoms with Crippen LogP contribution < -0.4 is 0 Å². The molecule has 0 bridgehead atoms. The van der Waals surface area contributed by atoms with Crippen LogP contribution in [-0.2, 0) is 5.41 Å². The van der Waals surface area contributed by atoms with E-state index in [2.05, 4.69) is 117 Å². The first-order valence-corrected chi connectivity index (χ1v) is 10.0. The van der Waals surface area contributed by atoms with Gasteiger partial charge in [-0.05, 0) is 38.9 Å². The van der Waals surface area contributed by atoms with Crippen LogP contribution in [0, 0.1) is 0 Å². The Kier molecular flexibility index (Phi) is 3.94. The lowest BCUT2D eigenvalue weighted by Gasteiger charge is -2.24. The molecule has 0 heteroatoms. The molecule has 0 aromatic heterocycles. The topological polar surface area (TPSA) is 0 Å². The lowest BCUT2D eigenvalue weighted by molar-refractivity contribution is 0.659. The molecule has 0 aliphatic heterocycles. The molecule has 136 valence electrons. The van der Waals surface area contributed by atoms with E-state index >= 15 is 0 Å². The molecule has 0 heterocycles. The highest BCUT2D eigenvalue weighted by atomic mass is 14.4. The van der Waals surface area contributed by atoms with Crippen LogP contribution in [0.3, 0.4) is 0 Å². The van der Waals surface area contributed by atoms with Gasteiger partial charge in [0.2, 0.25) is 0 Å². The lowest BCUT2D eigenvalue weighted by Crippen LogP contribution is -2.15. The Bertz CT molecular complexity index is 1080. The molecule has 1 aliphatic carbocycles. The molecule has 1 aliphatic rings. The molecule has 0 nitrogen and oxygen atoms in total. The summed E-state index contributed by atoms with van der Waals surface area (Å²) in [6, 6.07) is 37.6. The third-order valence-corrected chi connectivity index (χ3v) is 6.21. The van der Waals surface area contributed by atoms with E-state index < -0.39 is 0 Å². The molecule has 0 unspecified atom stereocenters. The van der Waals surface area contributed by atoms with Crippen molar-refractivity contribution in [2.75, 3.05) is 0 Å². The maximum Gasteiger partial charge on any atom is 0.0340 e. The molecule has 0 spiro atoms. The fourth-order valence-corrected chi connectivity index (χ4v) is 4.77. The summed E-state index contributed by atoms with van der Waals surface area (Å²) < 4.78 is 0. The SMILES string of the molecule is CC1(C)c2ccccc2-c2ccc(C(c3ccccc3)c3ccccc3)cc21. The Morgan fingerprint density at radius 2 is 1.04 bits per heavy atom. The maximum absolute atomic E-state index is 2.44. The van der Waals surface area contributed by atoms with Crippen molar-refractivity contribution in [3.63, 3.8) is 0 Å². The summed E-state index contributed by atoms with van der Waals surface area (Å²) in [4.78, 5) is 0. The second-order valence-corrected chi connectivity index (χ2v) is 8.23. The van der Waals surface area contributed by atoms with Gasteiger partial charge in [0.1, 0.15) is 0 Å². The fraction of sp³-hybridized carbons (Fsp3) is 0.143. The zero-order chi connectivity index (χ0) is 19.1. The van der Waals surface area contributed by atoms with E-state index in [1.54, 1.807) is 0 Å². The van der Waals surface area contributed by atoms with Gasteiger partial charge >= 0.3 is 0 Å². The van der Waals surface area contributed by atoms with Crippen molar-refractivity contribution in [1.82, 2.24) is 0 Å². The molecule has 0 atom stereocenters. The second kappa shape index (κ2) is 6.49. The van der Waals surface area contributed by atoms with Crippen molar-refractivity contribution in [3.05, 3.63) is 131 Å². The van der Waals surface area contributed by atoms with Crippen LogP contribution in [0.25, 0.3) is 11.1 Å². The van der Waals surface area contributed by atoms with Gasteiger partial charge in [-0.3, -0.25) is 0 Å². The zero-order valence-electron chi connectivity index (χ0n) is 16.4. The molecule has 5 rings (SSSR count). The monoisotopic (exact) mass is 360 g/mol. The zero-order valence-corrected chi connectivity index (χ0v) is 16.4. The summed E-state index contributed by atoms with van der Waals surface area (Å²) in [6.45, 7) is 4.70. The van der Waals surface area contributed by atoms with Crippen molar-refractivity contribution < 1.29 is 0 Å². The second-order valence-electron chi connectivity index (χ2n) is 8.23. The summed E-state index contributed by atoms with van der Waals surface area (Å²) >= 11 is 0. The van der Waals surface area contributed by atoms with Gasteiger partial charge in [-0.15, -0.1) is 0 Å². The van der Waals surface area contributed by atoms with E-state index in [1.165, 1.54) is 38.9 Å². The molecular formula is C28H24. The van der Waals surface area contributed by atoms with Gasteiger partial charge in [-0.1, -0.05) is 117 Å². The van der Waals surface area contributed by atoms with E-state index in [4.69, 9.17) is 0 Å². The Morgan fingerprint density at radius 3 is 1.68 bits per heavy atom. The normalized spacial score (nSPS) is 14.0. The van der Waals surface area contributed by atoms with Gasteiger partial charge < -0.3 is 0 Å². The van der Waals surface area contributed by atoms with Crippen LogP contribution >= 0.6 is 0 Å². The molecule has 28 heavy (non-hydrogen) atoms. The van der Waals surface area contributed by atoms with E-state index in [0.29, 0.717) is 0 Å². The van der Waals surface area contributed by atoms with Crippen LogP contribution in [0.5, 0.6) is 0 Å². The van der Waals surface area contributed by atoms with Gasteiger partial charge in [0.25, 0.3) is 0 Å². The van der Waals surface area contributed by atoms with Gasteiger partial charge in [0, 0.05) is 11.3 Å². The molecule has 4 aromatic carbocycles. The smallest absolute Gasteiger partial charge is 0.0340 e. The summed E-state index contributed by atoms with van der Waals surface area (Å²) in [5.41, 5.74) is 9.68. The number of hydrogen-bond acceptors (Lipinski definition) is 0. The minimum Gasteiger partial charge on any atom is -0.0622 e. The standard InChI is InChI=1S/C28H24/c1-28(2)25-16-10-9-15-23(25)24-18-17-22(19-26(24)28)27(20-11-5-3-6-12-20)21-13-7-4-8-14-21/h3-19,27H,1-2H3. The Balaban J connectivity index is 1.70. The Morgan fingerprint density at radius 1 is 0.500 bits per heavy atom. The van der Waals surface area contributed by atoms with Crippen LogP contribution in [0.4, 0.5) is 0 Å². The van der Waals surface area contributed by atoms with Gasteiger partial charge in [-0.25, -0.2) is 0 Å². The third-order valence-electron chi connectivity index (χ3n) is 6.21. The lowest BCUT2D eigenvalue weighted by atomic mass is 9.79. The number of benzene rings is 4. The first-order chi connectivity index (χ1) is 13.7. The predicted molar refractivity (Wildman–Crippen MR) is 118 cm³/mol.